The maximum Gasteiger partial charge on any atom is 0.407 e. The molecule has 206 valence electrons. The standard InChI is InChI=1S/C31H37BrN4O3/c1-18(2)27(35-30(38)39-3)29(37)36-14-6-7-26(36)28-33-24-11-8-19(15-25(24)34-28)20-9-10-23(32)22-17-31(16-21(20)22)12-4-5-13-31/h8-11,15,18,26-27H,4-7,12-14,16-17H2,1-3H3,(H,33,34)(H,35,38)/t26-,27?/m0/s1. The fourth-order valence-corrected chi connectivity index (χ4v) is 7.68. The number of nitrogens with one attached hydrogen (secondary N) is 2. The summed E-state index contributed by atoms with van der Waals surface area (Å²) in [6, 6.07) is 10.2. The van der Waals surface area contributed by atoms with Crippen molar-refractivity contribution in [3.63, 3.8) is 0 Å². The Labute approximate surface area is 238 Å². The van der Waals surface area contributed by atoms with Crippen molar-refractivity contribution in [1.29, 1.82) is 0 Å². The molecule has 1 saturated heterocycles. The van der Waals surface area contributed by atoms with Gasteiger partial charge in [0.2, 0.25) is 5.91 Å². The van der Waals surface area contributed by atoms with Crippen molar-refractivity contribution in [3.05, 3.63) is 51.8 Å². The van der Waals surface area contributed by atoms with Crippen LogP contribution in [0.4, 0.5) is 4.79 Å². The number of alkyl carbamates (subject to hydrolysis) is 1. The minimum atomic E-state index is -0.642. The van der Waals surface area contributed by atoms with E-state index in [0.717, 1.165) is 29.7 Å². The van der Waals surface area contributed by atoms with E-state index in [1.807, 2.05) is 18.7 Å². The van der Waals surface area contributed by atoms with Crippen molar-refractivity contribution < 1.29 is 14.3 Å². The molecule has 8 heteroatoms. The first kappa shape index (κ1) is 26.4. The highest BCUT2D eigenvalue weighted by Gasteiger charge is 2.41. The van der Waals surface area contributed by atoms with Gasteiger partial charge in [-0.05, 0) is 90.3 Å². The molecular formula is C31H37BrN4O3. The highest BCUT2D eigenvalue weighted by molar-refractivity contribution is 9.10. The number of carbonyl (C=O) groups excluding carboxylic acids is 2. The number of benzene rings is 2. The summed E-state index contributed by atoms with van der Waals surface area (Å²) in [5.41, 5.74) is 7.85. The zero-order valence-electron chi connectivity index (χ0n) is 23.0. The lowest BCUT2D eigenvalue weighted by molar-refractivity contribution is -0.135. The molecule has 1 saturated carbocycles. The molecule has 0 bridgehead atoms. The first-order valence-corrected chi connectivity index (χ1v) is 15.0. The van der Waals surface area contributed by atoms with Crippen molar-refractivity contribution >= 4 is 39.0 Å². The Morgan fingerprint density at radius 2 is 1.90 bits per heavy atom. The van der Waals surface area contributed by atoms with E-state index in [9.17, 15) is 9.59 Å². The molecule has 2 atom stereocenters. The minimum absolute atomic E-state index is 0.0629. The summed E-state index contributed by atoms with van der Waals surface area (Å²) < 4.78 is 6.00. The Kier molecular flexibility index (Phi) is 6.94. The van der Waals surface area contributed by atoms with E-state index in [1.165, 1.54) is 72.4 Å². The van der Waals surface area contributed by atoms with Crippen LogP contribution in [0.15, 0.2) is 34.8 Å². The second kappa shape index (κ2) is 10.3. The number of hydrogen-bond donors (Lipinski definition) is 2. The van der Waals surface area contributed by atoms with E-state index in [4.69, 9.17) is 9.72 Å². The molecule has 2 aliphatic carbocycles. The van der Waals surface area contributed by atoms with Crippen LogP contribution in [0, 0.1) is 11.3 Å². The zero-order valence-corrected chi connectivity index (χ0v) is 24.6. The number of H-pyrrole nitrogens is 1. The molecule has 3 aromatic rings. The van der Waals surface area contributed by atoms with Gasteiger partial charge in [-0.1, -0.05) is 54.8 Å². The summed E-state index contributed by atoms with van der Waals surface area (Å²) in [6.07, 6.45) is 8.85. The Morgan fingerprint density at radius 1 is 1.13 bits per heavy atom. The lowest BCUT2D eigenvalue weighted by Crippen LogP contribution is -2.51. The molecule has 1 aromatic heterocycles. The first-order chi connectivity index (χ1) is 18.8. The van der Waals surface area contributed by atoms with Crippen LogP contribution in [0.3, 0.4) is 0 Å². The van der Waals surface area contributed by atoms with Crippen LogP contribution in [0.2, 0.25) is 0 Å². The number of rotatable bonds is 5. The van der Waals surface area contributed by atoms with Gasteiger partial charge >= 0.3 is 6.09 Å². The number of imidazole rings is 1. The van der Waals surface area contributed by atoms with Crippen molar-refractivity contribution in [3.8, 4) is 11.1 Å². The Morgan fingerprint density at radius 3 is 2.64 bits per heavy atom. The molecule has 1 aliphatic heterocycles. The number of ether oxygens (including phenoxy) is 1. The van der Waals surface area contributed by atoms with Crippen LogP contribution >= 0.6 is 15.9 Å². The van der Waals surface area contributed by atoms with Gasteiger partial charge in [0.05, 0.1) is 24.2 Å². The fourth-order valence-electron chi connectivity index (χ4n) is 7.17. The molecule has 6 rings (SSSR count). The molecule has 2 N–H and O–H groups in total. The molecule has 39 heavy (non-hydrogen) atoms. The van der Waals surface area contributed by atoms with E-state index in [1.54, 1.807) is 0 Å². The third-order valence-corrected chi connectivity index (χ3v) is 9.94. The number of fused-ring (bicyclic) bond motifs is 2. The number of hydrogen-bond acceptors (Lipinski definition) is 4. The minimum Gasteiger partial charge on any atom is -0.453 e. The Hall–Kier alpha value is -2.87. The monoisotopic (exact) mass is 592 g/mol. The number of aromatic nitrogens is 2. The van der Waals surface area contributed by atoms with Crippen LogP contribution in [0.5, 0.6) is 0 Å². The summed E-state index contributed by atoms with van der Waals surface area (Å²) in [7, 11) is 1.31. The molecular weight excluding hydrogens is 556 g/mol. The number of aromatic amines is 1. The first-order valence-electron chi connectivity index (χ1n) is 14.2. The smallest absolute Gasteiger partial charge is 0.407 e. The molecule has 2 amide bonds. The second-order valence-corrected chi connectivity index (χ2v) is 12.9. The molecule has 2 aromatic carbocycles. The average molecular weight is 594 g/mol. The van der Waals surface area contributed by atoms with Crippen LogP contribution in [-0.2, 0) is 22.4 Å². The van der Waals surface area contributed by atoms with Crippen molar-refractivity contribution in [2.75, 3.05) is 13.7 Å². The highest BCUT2D eigenvalue weighted by atomic mass is 79.9. The highest BCUT2D eigenvalue weighted by Crippen LogP contribution is 2.52. The largest absolute Gasteiger partial charge is 0.453 e. The number of carbonyl (C=O) groups is 2. The van der Waals surface area contributed by atoms with Gasteiger partial charge in [0.15, 0.2) is 0 Å². The summed E-state index contributed by atoms with van der Waals surface area (Å²) in [5.74, 6) is 0.650. The SMILES string of the molecule is COC(=O)NC(C(=O)N1CCC[C@H]1c1nc2ccc(-c3ccc(Br)c4c3CC3(CCCC3)C4)cc2[nH]1)C(C)C. The number of methoxy groups -OCH3 is 1. The molecule has 2 heterocycles. The number of likely N-dealkylation sites (tertiary alicyclic amines) is 1. The van der Waals surface area contributed by atoms with E-state index in [2.05, 4.69) is 56.6 Å². The van der Waals surface area contributed by atoms with Gasteiger partial charge in [-0.25, -0.2) is 9.78 Å². The van der Waals surface area contributed by atoms with Gasteiger partial charge in [0, 0.05) is 11.0 Å². The predicted molar refractivity (Wildman–Crippen MR) is 155 cm³/mol. The van der Waals surface area contributed by atoms with E-state index in [0.29, 0.717) is 12.0 Å². The Balaban J connectivity index is 1.29. The molecule has 0 radical (unpaired) electrons. The summed E-state index contributed by atoms with van der Waals surface area (Å²) in [4.78, 5) is 35.8. The molecule has 1 unspecified atom stereocenters. The van der Waals surface area contributed by atoms with Crippen LogP contribution < -0.4 is 5.32 Å². The maximum atomic E-state index is 13.5. The van der Waals surface area contributed by atoms with E-state index < -0.39 is 12.1 Å². The topological polar surface area (TPSA) is 87.3 Å². The lowest BCUT2D eigenvalue weighted by Gasteiger charge is -2.29. The quantitative estimate of drug-likeness (QED) is 0.345. The van der Waals surface area contributed by atoms with Crippen LogP contribution in [-0.4, -0.2) is 46.6 Å². The van der Waals surface area contributed by atoms with Gasteiger partial charge < -0.3 is 19.9 Å². The third-order valence-electron chi connectivity index (χ3n) is 9.20. The van der Waals surface area contributed by atoms with Gasteiger partial charge in [0.1, 0.15) is 11.9 Å². The fraction of sp³-hybridized carbons (Fsp3) is 0.516. The maximum absolute atomic E-state index is 13.5. The predicted octanol–water partition coefficient (Wildman–Crippen LogP) is 6.70. The third kappa shape index (κ3) is 4.75. The van der Waals surface area contributed by atoms with Gasteiger partial charge in [-0.2, -0.15) is 0 Å². The molecule has 7 nitrogen and oxygen atoms in total. The van der Waals surface area contributed by atoms with Gasteiger partial charge in [-0.15, -0.1) is 0 Å². The van der Waals surface area contributed by atoms with E-state index in [-0.39, 0.29) is 17.9 Å². The van der Waals surface area contributed by atoms with Crippen molar-refractivity contribution in [2.45, 2.75) is 77.3 Å². The van der Waals surface area contributed by atoms with Crippen molar-refractivity contribution in [2.24, 2.45) is 11.3 Å². The average Bonchev–Trinajstić information content (AvgIpc) is 3.72. The zero-order chi connectivity index (χ0) is 27.3. The van der Waals surface area contributed by atoms with E-state index >= 15 is 0 Å². The summed E-state index contributed by atoms with van der Waals surface area (Å²) >= 11 is 3.84. The summed E-state index contributed by atoms with van der Waals surface area (Å²) in [5, 5.41) is 2.72. The van der Waals surface area contributed by atoms with Crippen LogP contribution in [0.1, 0.15) is 75.4 Å². The normalized spacial score (nSPS) is 20.6. The lowest BCUT2D eigenvalue weighted by atomic mass is 9.83. The van der Waals surface area contributed by atoms with Crippen LogP contribution in [0.25, 0.3) is 22.2 Å². The molecule has 2 fully saturated rings. The number of amides is 2. The number of nitrogens with zero attached hydrogens (tertiary/aromatic N) is 2. The second-order valence-electron chi connectivity index (χ2n) is 12.0. The van der Waals surface area contributed by atoms with Crippen molar-refractivity contribution in [1.82, 2.24) is 20.2 Å². The molecule has 3 aliphatic rings. The molecule has 1 spiro atoms. The summed E-state index contributed by atoms with van der Waals surface area (Å²) in [6.45, 7) is 4.50. The van der Waals surface area contributed by atoms with Gasteiger partial charge in [-0.3, -0.25) is 4.79 Å². The number of halogens is 1. The Bertz CT molecular complexity index is 1420. The van der Waals surface area contributed by atoms with Gasteiger partial charge in [0.25, 0.3) is 0 Å².